The van der Waals surface area contributed by atoms with Crippen LogP contribution in [0.15, 0.2) is 48.5 Å². The molecule has 0 radical (unpaired) electrons. The Morgan fingerprint density at radius 1 is 1.04 bits per heavy atom. The number of carbonyl (C=O) groups excluding carboxylic acids is 2. The summed E-state index contributed by atoms with van der Waals surface area (Å²) in [6, 6.07) is 15.0. The van der Waals surface area contributed by atoms with Crippen molar-refractivity contribution < 1.29 is 9.59 Å². The first kappa shape index (κ1) is 21.7. The maximum Gasteiger partial charge on any atom is 0.253 e. The zero-order valence-electron chi connectivity index (χ0n) is 15.3. The Morgan fingerprint density at radius 3 is 2.35 bits per heavy atom. The lowest BCUT2D eigenvalue weighted by atomic mass is 10.1. The highest BCUT2D eigenvalue weighted by atomic mass is 35.5. The maximum absolute atomic E-state index is 12.5. The van der Waals surface area contributed by atoms with Gasteiger partial charge < -0.3 is 16.0 Å². The lowest BCUT2D eigenvalue weighted by Gasteiger charge is -2.14. The van der Waals surface area contributed by atoms with Gasteiger partial charge in [-0.1, -0.05) is 48.9 Å². The second-order valence-corrected chi connectivity index (χ2v) is 6.16. The van der Waals surface area contributed by atoms with Crippen molar-refractivity contribution >= 4 is 29.9 Å². The molecule has 2 amide bonds. The second kappa shape index (κ2) is 10.6. The molecule has 2 aromatic rings. The van der Waals surface area contributed by atoms with E-state index >= 15 is 0 Å². The number of carbonyl (C=O) groups is 2. The summed E-state index contributed by atoms with van der Waals surface area (Å²) < 4.78 is 0. The van der Waals surface area contributed by atoms with Crippen LogP contribution in [0.5, 0.6) is 0 Å². The zero-order chi connectivity index (χ0) is 18.2. The average Bonchev–Trinajstić information content (AvgIpc) is 2.61. The quantitative estimate of drug-likeness (QED) is 0.696. The summed E-state index contributed by atoms with van der Waals surface area (Å²) in [5, 5.41) is 8.72. The van der Waals surface area contributed by atoms with Crippen LogP contribution in [0.4, 0.5) is 5.69 Å². The minimum Gasteiger partial charge on any atom is -0.348 e. The summed E-state index contributed by atoms with van der Waals surface area (Å²) in [7, 11) is 1.80. The Bertz CT molecular complexity index is 732. The third-order valence-electron chi connectivity index (χ3n) is 3.96. The molecule has 2 aromatic carbocycles. The molecule has 0 aliphatic rings. The number of para-hydroxylation sites is 1. The van der Waals surface area contributed by atoms with Gasteiger partial charge in [-0.3, -0.25) is 9.59 Å². The molecule has 0 spiro atoms. The normalized spacial score (nSPS) is 11.2. The van der Waals surface area contributed by atoms with Gasteiger partial charge in [-0.25, -0.2) is 0 Å². The largest absolute Gasteiger partial charge is 0.348 e. The molecule has 0 aromatic heterocycles. The SMILES string of the molecule is CNCC(C)C(=O)Nc1ccccc1C(=O)NCc1ccc(C)cc1.Cl. The number of hydrogen-bond acceptors (Lipinski definition) is 3. The Kier molecular flexibility index (Phi) is 8.82. The Balaban J connectivity index is 0.00000338. The molecule has 0 aliphatic carbocycles. The number of nitrogens with one attached hydrogen (secondary N) is 3. The van der Waals surface area contributed by atoms with E-state index in [1.165, 1.54) is 5.56 Å². The van der Waals surface area contributed by atoms with Crippen LogP contribution in [0.1, 0.15) is 28.4 Å². The fourth-order valence-corrected chi connectivity index (χ4v) is 2.43. The summed E-state index contributed by atoms with van der Waals surface area (Å²) in [5.74, 6) is -0.514. The Morgan fingerprint density at radius 2 is 1.69 bits per heavy atom. The third kappa shape index (κ3) is 6.17. The first-order chi connectivity index (χ1) is 12.0. The van der Waals surface area contributed by atoms with Crippen LogP contribution in [0.2, 0.25) is 0 Å². The molecular formula is C20H26ClN3O2. The van der Waals surface area contributed by atoms with Gasteiger partial charge in [-0.05, 0) is 31.7 Å². The molecular weight excluding hydrogens is 350 g/mol. The molecule has 0 aliphatic heterocycles. The van der Waals surface area contributed by atoms with E-state index in [1.807, 2.05) is 38.1 Å². The molecule has 1 atom stereocenters. The van der Waals surface area contributed by atoms with Crippen LogP contribution >= 0.6 is 12.4 Å². The number of benzene rings is 2. The van der Waals surface area contributed by atoms with Gasteiger partial charge in [-0.15, -0.1) is 12.4 Å². The van der Waals surface area contributed by atoms with E-state index in [1.54, 1.807) is 31.3 Å². The molecule has 26 heavy (non-hydrogen) atoms. The van der Waals surface area contributed by atoms with Crippen molar-refractivity contribution in [3.63, 3.8) is 0 Å². The van der Waals surface area contributed by atoms with Crippen LogP contribution in [0, 0.1) is 12.8 Å². The van der Waals surface area contributed by atoms with Crippen molar-refractivity contribution in [3.8, 4) is 0 Å². The first-order valence-corrected chi connectivity index (χ1v) is 8.39. The van der Waals surface area contributed by atoms with Crippen molar-refractivity contribution in [2.75, 3.05) is 18.9 Å². The summed E-state index contributed by atoms with van der Waals surface area (Å²) in [6.45, 7) is 4.88. The standard InChI is InChI=1S/C20H25N3O2.ClH/c1-14-8-10-16(11-9-14)13-22-20(25)17-6-4-5-7-18(17)23-19(24)15(2)12-21-3;/h4-11,15,21H,12-13H2,1-3H3,(H,22,25)(H,23,24);1H. The fourth-order valence-electron chi connectivity index (χ4n) is 2.43. The van der Waals surface area contributed by atoms with Crippen molar-refractivity contribution in [3.05, 3.63) is 65.2 Å². The molecule has 0 saturated carbocycles. The molecule has 0 fully saturated rings. The van der Waals surface area contributed by atoms with Crippen molar-refractivity contribution in [2.24, 2.45) is 5.92 Å². The van der Waals surface area contributed by atoms with E-state index in [4.69, 9.17) is 0 Å². The first-order valence-electron chi connectivity index (χ1n) is 8.39. The summed E-state index contributed by atoms with van der Waals surface area (Å²) in [6.07, 6.45) is 0. The van der Waals surface area contributed by atoms with Gasteiger partial charge in [0, 0.05) is 19.0 Å². The van der Waals surface area contributed by atoms with Gasteiger partial charge in [0.25, 0.3) is 5.91 Å². The van der Waals surface area contributed by atoms with E-state index in [9.17, 15) is 9.59 Å². The highest BCUT2D eigenvalue weighted by Crippen LogP contribution is 2.16. The number of anilines is 1. The zero-order valence-corrected chi connectivity index (χ0v) is 16.2. The fraction of sp³-hybridized carbons (Fsp3) is 0.300. The predicted molar refractivity (Wildman–Crippen MR) is 108 cm³/mol. The Hall–Kier alpha value is -2.37. The molecule has 0 heterocycles. The van der Waals surface area contributed by atoms with E-state index in [2.05, 4.69) is 16.0 Å². The molecule has 6 heteroatoms. The van der Waals surface area contributed by atoms with Crippen molar-refractivity contribution in [2.45, 2.75) is 20.4 Å². The van der Waals surface area contributed by atoms with Gasteiger partial charge in [0.2, 0.25) is 5.91 Å². The lowest BCUT2D eigenvalue weighted by Crippen LogP contribution is -2.30. The van der Waals surface area contributed by atoms with E-state index in [0.717, 1.165) is 5.56 Å². The van der Waals surface area contributed by atoms with E-state index < -0.39 is 0 Å². The number of hydrogen-bond donors (Lipinski definition) is 3. The molecule has 0 saturated heterocycles. The second-order valence-electron chi connectivity index (χ2n) is 6.16. The predicted octanol–water partition coefficient (Wildman–Crippen LogP) is 3.14. The average molecular weight is 376 g/mol. The van der Waals surface area contributed by atoms with Gasteiger partial charge in [0.15, 0.2) is 0 Å². The molecule has 2 rings (SSSR count). The Labute approximate surface area is 161 Å². The van der Waals surface area contributed by atoms with E-state index in [0.29, 0.717) is 24.3 Å². The van der Waals surface area contributed by atoms with Crippen molar-refractivity contribution in [1.82, 2.24) is 10.6 Å². The van der Waals surface area contributed by atoms with Crippen LogP contribution < -0.4 is 16.0 Å². The minimum absolute atomic E-state index is 0. The smallest absolute Gasteiger partial charge is 0.253 e. The molecule has 0 bridgehead atoms. The number of halogens is 1. The van der Waals surface area contributed by atoms with Crippen LogP contribution in [-0.2, 0) is 11.3 Å². The molecule has 140 valence electrons. The van der Waals surface area contributed by atoms with Gasteiger partial charge in [0.1, 0.15) is 0 Å². The summed E-state index contributed by atoms with van der Waals surface area (Å²) >= 11 is 0. The summed E-state index contributed by atoms with van der Waals surface area (Å²) in [5.41, 5.74) is 3.19. The third-order valence-corrected chi connectivity index (χ3v) is 3.96. The van der Waals surface area contributed by atoms with E-state index in [-0.39, 0.29) is 30.1 Å². The van der Waals surface area contributed by atoms with Gasteiger partial charge in [0.05, 0.1) is 11.3 Å². The van der Waals surface area contributed by atoms with Crippen molar-refractivity contribution in [1.29, 1.82) is 0 Å². The van der Waals surface area contributed by atoms with Crippen LogP contribution in [0.3, 0.4) is 0 Å². The molecule has 5 nitrogen and oxygen atoms in total. The van der Waals surface area contributed by atoms with Crippen LogP contribution in [-0.4, -0.2) is 25.4 Å². The number of rotatable bonds is 7. The van der Waals surface area contributed by atoms with Gasteiger partial charge >= 0.3 is 0 Å². The lowest BCUT2D eigenvalue weighted by molar-refractivity contribution is -0.119. The highest BCUT2D eigenvalue weighted by molar-refractivity contribution is 6.04. The topological polar surface area (TPSA) is 70.2 Å². The summed E-state index contributed by atoms with van der Waals surface area (Å²) in [4.78, 5) is 24.7. The number of aryl methyl sites for hydroxylation is 1. The van der Waals surface area contributed by atoms with Gasteiger partial charge in [-0.2, -0.15) is 0 Å². The number of amides is 2. The molecule has 3 N–H and O–H groups in total. The highest BCUT2D eigenvalue weighted by Gasteiger charge is 2.16. The monoisotopic (exact) mass is 375 g/mol. The minimum atomic E-state index is -0.210. The van der Waals surface area contributed by atoms with Crippen LogP contribution in [0.25, 0.3) is 0 Å². The maximum atomic E-state index is 12.5. The molecule has 1 unspecified atom stereocenters.